The van der Waals surface area contributed by atoms with Crippen LogP contribution in [0.25, 0.3) is 0 Å². The van der Waals surface area contributed by atoms with E-state index in [1.54, 1.807) is 19.0 Å². The molecule has 0 aromatic heterocycles. The molecule has 2 rings (SSSR count). The van der Waals surface area contributed by atoms with Crippen LogP contribution in [0.5, 0.6) is 0 Å². The number of likely N-dealkylation sites (N-methyl/N-ethyl adjacent to an activating group) is 1. The molecule has 5 heteroatoms. The number of nitrogens with zero attached hydrogens (tertiary/aromatic N) is 3. The Hall–Kier alpha value is -1.52. The lowest BCUT2D eigenvalue weighted by atomic mass is 9.68. The number of likely N-dealkylation sites (tertiary alicyclic amines) is 1. The van der Waals surface area contributed by atoms with Crippen molar-refractivity contribution >= 4 is 11.9 Å². The number of hydrogen-bond donors (Lipinski definition) is 1. The Morgan fingerprint density at radius 3 is 2.70 bits per heavy atom. The molecule has 0 unspecified atom stereocenters. The van der Waals surface area contributed by atoms with Crippen LogP contribution < -0.4 is 5.32 Å². The van der Waals surface area contributed by atoms with Gasteiger partial charge in [0.2, 0.25) is 5.91 Å². The molecule has 1 amide bonds. The maximum absolute atomic E-state index is 11.7. The topological polar surface area (TPSA) is 47.9 Å². The number of rotatable bonds is 4. The van der Waals surface area contributed by atoms with Gasteiger partial charge in [-0.2, -0.15) is 0 Å². The second-order valence-corrected chi connectivity index (χ2v) is 6.12. The molecule has 1 aliphatic heterocycles. The van der Waals surface area contributed by atoms with Gasteiger partial charge in [-0.1, -0.05) is 12.5 Å². The van der Waals surface area contributed by atoms with Gasteiger partial charge in [0.05, 0.1) is 0 Å². The highest BCUT2D eigenvalue weighted by molar-refractivity contribution is 5.85. The average molecular weight is 278 g/mol. The van der Waals surface area contributed by atoms with Crippen LogP contribution >= 0.6 is 0 Å². The largest absolute Gasteiger partial charge is 0.353 e. The van der Waals surface area contributed by atoms with E-state index in [4.69, 9.17) is 0 Å². The average Bonchev–Trinajstić information content (AvgIpc) is 2.83. The third-order valence-electron chi connectivity index (χ3n) is 4.42. The molecular weight excluding hydrogens is 252 g/mol. The smallest absolute Gasteiger partial charge is 0.243 e. The molecule has 0 radical (unpaired) electrons. The highest BCUT2D eigenvalue weighted by atomic mass is 16.2. The van der Waals surface area contributed by atoms with Crippen molar-refractivity contribution in [1.29, 1.82) is 0 Å². The van der Waals surface area contributed by atoms with E-state index in [0.29, 0.717) is 12.0 Å². The zero-order chi connectivity index (χ0) is 14.6. The first-order valence-electron chi connectivity index (χ1n) is 7.41. The van der Waals surface area contributed by atoms with Gasteiger partial charge in [-0.05, 0) is 24.7 Å². The summed E-state index contributed by atoms with van der Waals surface area (Å²) in [7, 11) is 3.52. The summed E-state index contributed by atoms with van der Waals surface area (Å²) in [5.41, 5.74) is 0.530. The van der Waals surface area contributed by atoms with Crippen LogP contribution in [0.2, 0.25) is 0 Å². The predicted octanol–water partition coefficient (Wildman–Crippen LogP) is 1.08. The first-order chi connectivity index (χ1) is 9.56. The van der Waals surface area contributed by atoms with Gasteiger partial charge in [-0.25, -0.2) is 4.99 Å². The van der Waals surface area contributed by atoms with Gasteiger partial charge in [0.15, 0.2) is 5.96 Å². The summed E-state index contributed by atoms with van der Waals surface area (Å²) < 4.78 is 0. The van der Waals surface area contributed by atoms with Crippen LogP contribution in [0.3, 0.4) is 0 Å². The molecule has 5 nitrogen and oxygen atoms in total. The Labute approximate surface area is 121 Å². The normalized spacial score (nSPS) is 20.7. The molecule has 0 aromatic carbocycles. The van der Waals surface area contributed by atoms with E-state index in [-0.39, 0.29) is 12.5 Å². The Kier molecular flexibility index (Phi) is 4.68. The quantitative estimate of drug-likeness (QED) is 0.475. The summed E-state index contributed by atoms with van der Waals surface area (Å²) in [6.07, 6.45) is 7.12. The van der Waals surface area contributed by atoms with Crippen molar-refractivity contribution in [2.24, 2.45) is 10.4 Å². The van der Waals surface area contributed by atoms with E-state index in [9.17, 15) is 4.79 Å². The maximum Gasteiger partial charge on any atom is 0.243 e. The van der Waals surface area contributed by atoms with Gasteiger partial charge >= 0.3 is 0 Å². The Bertz CT molecular complexity index is 399. The second-order valence-electron chi connectivity index (χ2n) is 6.12. The van der Waals surface area contributed by atoms with Crippen molar-refractivity contribution in [3.8, 4) is 0 Å². The van der Waals surface area contributed by atoms with Gasteiger partial charge in [0, 0.05) is 33.7 Å². The number of hydrogen-bond acceptors (Lipinski definition) is 2. The van der Waals surface area contributed by atoms with Crippen molar-refractivity contribution < 1.29 is 4.79 Å². The van der Waals surface area contributed by atoms with Crippen LogP contribution in [0.1, 0.15) is 25.7 Å². The van der Waals surface area contributed by atoms with Crippen LogP contribution in [-0.4, -0.2) is 61.9 Å². The lowest BCUT2D eigenvalue weighted by molar-refractivity contribution is -0.127. The van der Waals surface area contributed by atoms with E-state index >= 15 is 0 Å². The standard InChI is InChI=1S/C15H26N4O/c1-4-9-16-14(17-11-13(20)18(2)3)19-10-8-15(12-19)6-5-7-15/h4H,1,5-12H2,2-3H3,(H,16,17). The van der Waals surface area contributed by atoms with Crippen molar-refractivity contribution in [2.45, 2.75) is 25.7 Å². The fourth-order valence-corrected chi connectivity index (χ4v) is 2.92. The molecule has 0 atom stereocenters. The van der Waals surface area contributed by atoms with Crippen molar-refractivity contribution in [1.82, 2.24) is 15.1 Å². The van der Waals surface area contributed by atoms with Crippen LogP contribution in [0.15, 0.2) is 17.6 Å². The van der Waals surface area contributed by atoms with Gasteiger partial charge < -0.3 is 15.1 Å². The van der Waals surface area contributed by atoms with Crippen LogP contribution in [0.4, 0.5) is 0 Å². The van der Waals surface area contributed by atoms with Crippen LogP contribution in [-0.2, 0) is 4.79 Å². The molecule has 1 N–H and O–H groups in total. The molecule has 112 valence electrons. The minimum atomic E-state index is 0.0282. The number of carbonyl (C=O) groups is 1. The van der Waals surface area contributed by atoms with Crippen LogP contribution in [0, 0.1) is 5.41 Å². The maximum atomic E-state index is 11.7. The minimum Gasteiger partial charge on any atom is -0.353 e. The van der Waals surface area contributed by atoms with Crippen molar-refractivity contribution in [2.75, 3.05) is 40.3 Å². The molecule has 1 saturated heterocycles. The second kappa shape index (κ2) is 6.29. The van der Waals surface area contributed by atoms with Gasteiger partial charge in [0.1, 0.15) is 6.54 Å². The highest BCUT2D eigenvalue weighted by Gasteiger charge is 2.43. The van der Waals surface area contributed by atoms with E-state index in [1.807, 2.05) is 6.08 Å². The molecule has 2 fully saturated rings. The molecule has 1 heterocycles. The number of aliphatic imine (C=N–C) groups is 1. The molecule has 2 aliphatic rings. The fourth-order valence-electron chi connectivity index (χ4n) is 2.92. The first-order valence-corrected chi connectivity index (χ1v) is 7.41. The monoisotopic (exact) mass is 278 g/mol. The Morgan fingerprint density at radius 2 is 2.20 bits per heavy atom. The third-order valence-corrected chi connectivity index (χ3v) is 4.42. The number of guanidine groups is 1. The molecule has 20 heavy (non-hydrogen) atoms. The molecule has 1 aliphatic carbocycles. The van der Waals surface area contributed by atoms with E-state index in [0.717, 1.165) is 19.0 Å². The molecule has 1 saturated carbocycles. The minimum absolute atomic E-state index is 0.0282. The van der Waals surface area contributed by atoms with Gasteiger partial charge in [-0.3, -0.25) is 4.79 Å². The summed E-state index contributed by atoms with van der Waals surface area (Å²) in [5.74, 6) is 0.879. The molecule has 0 bridgehead atoms. The summed E-state index contributed by atoms with van der Waals surface area (Å²) in [4.78, 5) is 20.0. The Balaban J connectivity index is 1.97. The van der Waals surface area contributed by atoms with E-state index in [2.05, 4.69) is 21.8 Å². The first kappa shape index (κ1) is 14.9. The van der Waals surface area contributed by atoms with Crippen molar-refractivity contribution in [3.05, 3.63) is 12.7 Å². The molecule has 0 aromatic rings. The molecule has 1 spiro atoms. The third kappa shape index (κ3) is 3.32. The molecular formula is C15H26N4O. The van der Waals surface area contributed by atoms with Gasteiger partial charge in [-0.15, -0.1) is 6.58 Å². The lowest BCUT2D eigenvalue weighted by Crippen LogP contribution is -2.43. The summed E-state index contributed by atoms with van der Waals surface area (Å²) >= 11 is 0. The number of nitrogens with one attached hydrogen (secondary N) is 1. The fraction of sp³-hybridized carbons (Fsp3) is 0.733. The van der Waals surface area contributed by atoms with E-state index < -0.39 is 0 Å². The predicted molar refractivity (Wildman–Crippen MR) is 81.7 cm³/mol. The summed E-state index contributed by atoms with van der Waals surface area (Å²) in [5, 5.41) is 3.28. The highest BCUT2D eigenvalue weighted by Crippen LogP contribution is 2.47. The zero-order valence-corrected chi connectivity index (χ0v) is 12.7. The lowest BCUT2D eigenvalue weighted by Gasteiger charge is -2.38. The number of amides is 1. The van der Waals surface area contributed by atoms with Crippen molar-refractivity contribution in [3.63, 3.8) is 0 Å². The zero-order valence-electron chi connectivity index (χ0n) is 12.7. The Morgan fingerprint density at radius 1 is 1.45 bits per heavy atom. The van der Waals surface area contributed by atoms with E-state index in [1.165, 1.54) is 25.7 Å². The summed E-state index contributed by atoms with van der Waals surface area (Å²) in [6.45, 7) is 6.73. The summed E-state index contributed by atoms with van der Waals surface area (Å²) in [6, 6.07) is 0. The number of carbonyl (C=O) groups excluding carboxylic acids is 1. The SMILES string of the molecule is C=CCNC(=NCC(=O)N(C)C)N1CCC2(CCC2)C1. The van der Waals surface area contributed by atoms with Gasteiger partial charge in [0.25, 0.3) is 0 Å².